The van der Waals surface area contributed by atoms with Crippen LogP contribution >= 0.6 is 0 Å². The van der Waals surface area contributed by atoms with Crippen molar-refractivity contribution in [2.75, 3.05) is 0 Å². The first-order valence-corrected chi connectivity index (χ1v) is 6.84. The maximum atomic E-state index is 11.9. The van der Waals surface area contributed by atoms with Crippen molar-refractivity contribution < 1.29 is 14.7 Å². The minimum absolute atomic E-state index is 0.354. The number of carbonyl (C=O) groups excluding carboxylic acids is 1. The molecule has 19 heavy (non-hydrogen) atoms. The van der Waals surface area contributed by atoms with E-state index in [2.05, 4.69) is 10.3 Å². The van der Waals surface area contributed by atoms with Crippen molar-refractivity contribution in [2.24, 2.45) is 5.92 Å². The van der Waals surface area contributed by atoms with E-state index in [1.165, 1.54) is 19.3 Å². The molecule has 5 nitrogen and oxygen atoms in total. The van der Waals surface area contributed by atoms with Crippen LogP contribution in [0.3, 0.4) is 0 Å². The van der Waals surface area contributed by atoms with E-state index in [4.69, 9.17) is 0 Å². The second-order valence-corrected chi connectivity index (χ2v) is 5.19. The van der Waals surface area contributed by atoms with Gasteiger partial charge in [0, 0.05) is 6.20 Å². The van der Waals surface area contributed by atoms with E-state index in [1.807, 2.05) is 0 Å². The zero-order valence-corrected chi connectivity index (χ0v) is 10.9. The van der Waals surface area contributed by atoms with Crippen LogP contribution in [0.1, 0.15) is 49.0 Å². The van der Waals surface area contributed by atoms with Gasteiger partial charge in [-0.3, -0.25) is 4.79 Å². The molecular formula is C14H20N2O3. The molecule has 0 radical (unpaired) electrons. The molecule has 1 atom stereocenters. The van der Waals surface area contributed by atoms with Gasteiger partial charge in [0.05, 0.1) is 0 Å². The van der Waals surface area contributed by atoms with Crippen molar-refractivity contribution in [3.8, 4) is 0 Å². The molecule has 0 spiro atoms. The summed E-state index contributed by atoms with van der Waals surface area (Å²) in [5, 5.41) is 11.8. The first kappa shape index (κ1) is 13.6. The molecule has 1 saturated carbocycles. The average molecular weight is 264 g/mol. The molecular weight excluding hydrogens is 244 g/mol. The van der Waals surface area contributed by atoms with Crippen molar-refractivity contribution in [1.82, 2.24) is 10.3 Å². The highest BCUT2D eigenvalue weighted by Gasteiger charge is 2.25. The van der Waals surface area contributed by atoms with Crippen molar-refractivity contribution in [1.29, 1.82) is 0 Å². The maximum Gasteiger partial charge on any atom is 0.326 e. The Labute approximate surface area is 112 Å². The molecule has 0 aromatic carbocycles. The lowest BCUT2D eigenvalue weighted by Gasteiger charge is -2.24. The fraction of sp³-hybridized carbons (Fsp3) is 0.571. The Morgan fingerprint density at radius 1 is 1.37 bits per heavy atom. The van der Waals surface area contributed by atoms with E-state index in [0.717, 1.165) is 12.8 Å². The largest absolute Gasteiger partial charge is 0.480 e. The molecule has 0 aliphatic heterocycles. The Bertz CT molecular complexity index is 422. The predicted octanol–water partition coefficient (Wildman–Crippen LogP) is 2.17. The molecule has 0 bridgehead atoms. The molecule has 1 aliphatic rings. The lowest BCUT2D eigenvalue weighted by molar-refractivity contribution is -0.139. The lowest BCUT2D eigenvalue weighted by atomic mass is 9.85. The third-order valence-electron chi connectivity index (χ3n) is 3.74. The monoisotopic (exact) mass is 264 g/mol. The number of amides is 1. The van der Waals surface area contributed by atoms with Crippen LogP contribution in [0.4, 0.5) is 0 Å². The van der Waals surface area contributed by atoms with Gasteiger partial charge in [0.25, 0.3) is 5.91 Å². The minimum Gasteiger partial charge on any atom is -0.480 e. The van der Waals surface area contributed by atoms with Gasteiger partial charge < -0.3 is 15.4 Å². The second-order valence-electron chi connectivity index (χ2n) is 5.19. The molecule has 1 aliphatic carbocycles. The third kappa shape index (κ3) is 3.84. The Kier molecular flexibility index (Phi) is 4.60. The molecule has 1 fully saturated rings. The van der Waals surface area contributed by atoms with Gasteiger partial charge in [-0.2, -0.15) is 0 Å². The van der Waals surface area contributed by atoms with Crippen LogP contribution in [-0.2, 0) is 4.79 Å². The van der Waals surface area contributed by atoms with Crippen LogP contribution in [0.5, 0.6) is 0 Å². The zero-order valence-electron chi connectivity index (χ0n) is 10.9. The smallest absolute Gasteiger partial charge is 0.326 e. The number of carbonyl (C=O) groups is 2. The Hall–Kier alpha value is -1.78. The molecule has 1 unspecified atom stereocenters. The van der Waals surface area contributed by atoms with Crippen LogP contribution in [0, 0.1) is 5.92 Å². The second kappa shape index (κ2) is 6.41. The van der Waals surface area contributed by atoms with Gasteiger partial charge >= 0.3 is 5.97 Å². The SMILES string of the molecule is O=C(NC(CC1CCCCC1)C(=O)O)c1ccc[nH]1. The van der Waals surface area contributed by atoms with Gasteiger partial charge in [-0.25, -0.2) is 4.79 Å². The Balaban J connectivity index is 1.92. The fourth-order valence-electron chi connectivity index (χ4n) is 2.69. The summed E-state index contributed by atoms with van der Waals surface area (Å²) in [6.45, 7) is 0. The summed E-state index contributed by atoms with van der Waals surface area (Å²) in [5.41, 5.74) is 0.398. The summed E-state index contributed by atoms with van der Waals surface area (Å²) >= 11 is 0. The van der Waals surface area contributed by atoms with Gasteiger partial charge in [0.1, 0.15) is 11.7 Å². The van der Waals surface area contributed by atoms with E-state index >= 15 is 0 Å². The number of hydrogen-bond donors (Lipinski definition) is 3. The van der Waals surface area contributed by atoms with Gasteiger partial charge in [0.2, 0.25) is 0 Å². The lowest BCUT2D eigenvalue weighted by Crippen LogP contribution is -2.42. The van der Waals surface area contributed by atoms with Gasteiger partial charge in [-0.15, -0.1) is 0 Å². The number of aromatic amines is 1. The Morgan fingerprint density at radius 2 is 2.11 bits per heavy atom. The normalized spacial score (nSPS) is 17.9. The van der Waals surface area contributed by atoms with Crippen LogP contribution in [0.2, 0.25) is 0 Å². The topological polar surface area (TPSA) is 82.2 Å². The summed E-state index contributed by atoms with van der Waals surface area (Å²) in [7, 11) is 0. The molecule has 104 valence electrons. The van der Waals surface area contributed by atoms with Crippen LogP contribution in [0.15, 0.2) is 18.3 Å². The van der Waals surface area contributed by atoms with Crippen LogP contribution in [0.25, 0.3) is 0 Å². The van der Waals surface area contributed by atoms with E-state index in [1.54, 1.807) is 18.3 Å². The van der Waals surface area contributed by atoms with Crippen LogP contribution in [-0.4, -0.2) is 28.0 Å². The van der Waals surface area contributed by atoms with Crippen molar-refractivity contribution in [2.45, 2.75) is 44.6 Å². The van der Waals surface area contributed by atoms with E-state index in [-0.39, 0.29) is 5.91 Å². The fourth-order valence-corrected chi connectivity index (χ4v) is 2.69. The molecule has 3 N–H and O–H groups in total. The van der Waals surface area contributed by atoms with Gasteiger partial charge in [-0.1, -0.05) is 32.1 Å². The summed E-state index contributed by atoms with van der Waals surface area (Å²) in [6, 6.07) is 2.56. The number of aliphatic carboxylic acids is 1. The zero-order chi connectivity index (χ0) is 13.7. The van der Waals surface area contributed by atoms with Crippen molar-refractivity contribution in [3.63, 3.8) is 0 Å². The van der Waals surface area contributed by atoms with Crippen LogP contribution < -0.4 is 5.32 Å². The highest BCUT2D eigenvalue weighted by Crippen LogP contribution is 2.27. The van der Waals surface area contributed by atoms with Crippen molar-refractivity contribution >= 4 is 11.9 Å². The number of carboxylic acids is 1. The van der Waals surface area contributed by atoms with Gasteiger partial charge in [-0.05, 0) is 24.5 Å². The quantitative estimate of drug-likeness (QED) is 0.762. The standard InChI is InChI=1S/C14H20N2O3/c17-13(11-7-4-8-15-11)16-12(14(18)19)9-10-5-2-1-3-6-10/h4,7-8,10,12,15H,1-3,5-6,9H2,(H,16,17)(H,18,19). The number of rotatable bonds is 5. The third-order valence-corrected chi connectivity index (χ3v) is 3.74. The van der Waals surface area contributed by atoms with E-state index < -0.39 is 12.0 Å². The molecule has 0 saturated heterocycles. The van der Waals surface area contributed by atoms with Crippen molar-refractivity contribution in [3.05, 3.63) is 24.0 Å². The predicted molar refractivity (Wildman–Crippen MR) is 70.9 cm³/mol. The minimum atomic E-state index is -0.953. The molecule has 1 aromatic rings. The number of aromatic nitrogens is 1. The summed E-state index contributed by atoms with van der Waals surface area (Å²) < 4.78 is 0. The molecule has 5 heteroatoms. The summed E-state index contributed by atoms with van der Waals surface area (Å²) in [6.07, 6.45) is 7.89. The molecule has 1 aromatic heterocycles. The average Bonchev–Trinajstić information content (AvgIpc) is 2.93. The molecule has 2 rings (SSSR count). The van der Waals surface area contributed by atoms with Gasteiger partial charge in [0.15, 0.2) is 0 Å². The number of carboxylic acid groups (broad SMARTS) is 1. The molecule has 1 heterocycles. The summed E-state index contributed by atoms with van der Waals surface area (Å²) in [5.74, 6) is -0.891. The summed E-state index contributed by atoms with van der Waals surface area (Å²) in [4.78, 5) is 25.9. The maximum absolute atomic E-state index is 11.9. The molecule has 1 amide bonds. The number of hydrogen-bond acceptors (Lipinski definition) is 2. The first-order chi connectivity index (χ1) is 9.16. The van der Waals surface area contributed by atoms with E-state index in [9.17, 15) is 14.7 Å². The highest BCUT2D eigenvalue weighted by atomic mass is 16.4. The highest BCUT2D eigenvalue weighted by molar-refractivity contribution is 5.95. The number of nitrogens with one attached hydrogen (secondary N) is 2. The Morgan fingerprint density at radius 3 is 2.68 bits per heavy atom. The first-order valence-electron chi connectivity index (χ1n) is 6.84. The van der Waals surface area contributed by atoms with E-state index in [0.29, 0.717) is 18.0 Å². The number of H-pyrrole nitrogens is 1.